The van der Waals surface area contributed by atoms with Gasteiger partial charge in [-0.05, 0) is 85.8 Å². The van der Waals surface area contributed by atoms with Crippen LogP contribution in [-0.2, 0) is 30.3 Å². The molecule has 0 radical (unpaired) electrons. The molecule has 2 N–H and O–H groups in total. The van der Waals surface area contributed by atoms with Gasteiger partial charge in [0.2, 0.25) is 11.8 Å². The highest BCUT2D eigenvalue weighted by Gasteiger charge is 2.42. The molecule has 9 nitrogen and oxygen atoms in total. The Bertz CT molecular complexity index is 1260. The Balaban J connectivity index is 1.98. The lowest BCUT2D eigenvalue weighted by molar-refractivity contribution is -0.159. The van der Waals surface area contributed by atoms with E-state index in [0.29, 0.717) is 5.56 Å². The van der Waals surface area contributed by atoms with Crippen molar-refractivity contribution in [2.24, 2.45) is 0 Å². The Kier molecular flexibility index (Phi) is 11.0. The summed E-state index contributed by atoms with van der Waals surface area (Å²) in [5.74, 6) is -1.47. The zero-order valence-electron chi connectivity index (χ0n) is 26.7. The van der Waals surface area contributed by atoms with Crippen LogP contribution in [0, 0.1) is 6.92 Å². The molecule has 1 aliphatic carbocycles. The molecule has 1 saturated carbocycles. The molecule has 3 unspecified atom stereocenters. The van der Waals surface area contributed by atoms with Crippen LogP contribution in [-0.4, -0.2) is 58.1 Å². The average Bonchev–Trinajstić information content (AvgIpc) is 2.86. The molecular weight excluding hydrogens is 546 g/mol. The van der Waals surface area contributed by atoms with Gasteiger partial charge in [-0.25, -0.2) is 9.59 Å². The summed E-state index contributed by atoms with van der Waals surface area (Å²) in [5, 5.41) is 5.56. The Morgan fingerprint density at radius 3 is 1.95 bits per heavy atom. The molecule has 234 valence electrons. The number of carbonyl (C=O) groups is 4. The highest BCUT2D eigenvalue weighted by atomic mass is 16.6. The molecule has 0 saturated heterocycles. The smallest absolute Gasteiger partial charge is 0.408 e. The Labute approximate surface area is 255 Å². The summed E-state index contributed by atoms with van der Waals surface area (Å²) in [6, 6.07) is 13.6. The van der Waals surface area contributed by atoms with Crippen LogP contribution in [0.15, 0.2) is 54.6 Å². The fraction of sp³-hybridized carbons (Fsp3) is 0.529. The maximum Gasteiger partial charge on any atom is 0.408 e. The number of amides is 3. The fourth-order valence-electron chi connectivity index (χ4n) is 4.81. The van der Waals surface area contributed by atoms with Gasteiger partial charge in [-0.1, -0.05) is 60.2 Å². The second-order valence-electron chi connectivity index (χ2n) is 13.3. The van der Waals surface area contributed by atoms with Gasteiger partial charge in [0.05, 0.1) is 0 Å². The van der Waals surface area contributed by atoms with E-state index in [0.717, 1.165) is 30.4 Å². The van der Waals surface area contributed by atoms with Gasteiger partial charge in [0.1, 0.15) is 29.3 Å². The van der Waals surface area contributed by atoms with Crippen molar-refractivity contribution in [2.45, 2.75) is 116 Å². The van der Waals surface area contributed by atoms with Crippen molar-refractivity contribution >= 4 is 23.9 Å². The highest BCUT2D eigenvalue weighted by Crippen LogP contribution is 2.34. The van der Waals surface area contributed by atoms with Crippen LogP contribution in [0.1, 0.15) is 90.5 Å². The first-order valence-electron chi connectivity index (χ1n) is 15.0. The first-order chi connectivity index (χ1) is 20.0. The molecule has 43 heavy (non-hydrogen) atoms. The quantitative estimate of drug-likeness (QED) is 0.357. The van der Waals surface area contributed by atoms with E-state index in [2.05, 4.69) is 10.6 Å². The number of esters is 1. The van der Waals surface area contributed by atoms with Crippen LogP contribution in [0.3, 0.4) is 0 Å². The second kappa shape index (κ2) is 14.1. The Morgan fingerprint density at radius 2 is 1.44 bits per heavy atom. The van der Waals surface area contributed by atoms with Crippen molar-refractivity contribution in [3.05, 3.63) is 71.3 Å². The molecule has 1 aliphatic rings. The molecular formula is C34H47N3O6. The lowest BCUT2D eigenvalue weighted by atomic mass is 9.88. The predicted molar refractivity (Wildman–Crippen MR) is 165 cm³/mol. The number of ether oxygens (including phenoxy) is 2. The summed E-state index contributed by atoms with van der Waals surface area (Å²) in [6.45, 7) is 14.1. The van der Waals surface area contributed by atoms with Crippen LogP contribution >= 0.6 is 0 Å². The SMILES string of the molecule is Cc1ccc(C(C(=O)NC(Cc2ccccc2)C(=O)OC(C)(C)C)N(C(=O)C(C)NC(=O)OC(C)(C)C)C2CCC2)cc1. The molecule has 0 aromatic heterocycles. The van der Waals surface area contributed by atoms with Gasteiger partial charge < -0.3 is 25.0 Å². The molecule has 2 aromatic rings. The van der Waals surface area contributed by atoms with Gasteiger partial charge in [0, 0.05) is 12.5 Å². The predicted octanol–water partition coefficient (Wildman–Crippen LogP) is 5.40. The summed E-state index contributed by atoms with van der Waals surface area (Å²) in [7, 11) is 0. The van der Waals surface area contributed by atoms with E-state index in [1.807, 2.05) is 61.5 Å². The number of rotatable bonds is 10. The second-order valence-corrected chi connectivity index (χ2v) is 13.3. The maximum absolute atomic E-state index is 14.3. The largest absolute Gasteiger partial charge is 0.458 e. The van der Waals surface area contributed by atoms with Gasteiger partial charge in [0.25, 0.3) is 0 Å². The third kappa shape index (κ3) is 10.1. The molecule has 3 amide bonds. The van der Waals surface area contributed by atoms with Gasteiger partial charge in [-0.15, -0.1) is 0 Å². The molecule has 0 bridgehead atoms. The van der Waals surface area contributed by atoms with E-state index >= 15 is 0 Å². The van der Waals surface area contributed by atoms with Gasteiger partial charge in [-0.3, -0.25) is 9.59 Å². The molecule has 0 spiro atoms. The summed E-state index contributed by atoms with van der Waals surface area (Å²) < 4.78 is 11.1. The van der Waals surface area contributed by atoms with E-state index in [-0.39, 0.29) is 12.5 Å². The van der Waals surface area contributed by atoms with Crippen molar-refractivity contribution in [1.29, 1.82) is 0 Å². The summed E-state index contributed by atoms with van der Waals surface area (Å²) >= 11 is 0. The van der Waals surface area contributed by atoms with E-state index in [9.17, 15) is 19.2 Å². The molecule has 3 atom stereocenters. The Hall–Kier alpha value is -3.88. The number of carbonyl (C=O) groups excluding carboxylic acids is 4. The lowest BCUT2D eigenvalue weighted by Gasteiger charge is -2.43. The van der Waals surface area contributed by atoms with Gasteiger partial charge in [-0.2, -0.15) is 0 Å². The number of aryl methyl sites for hydroxylation is 1. The molecule has 9 heteroatoms. The van der Waals surface area contributed by atoms with E-state index in [1.54, 1.807) is 53.4 Å². The topological polar surface area (TPSA) is 114 Å². The van der Waals surface area contributed by atoms with Crippen molar-refractivity contribution in [2.75, 3.05) is 0 Å². The number of hydrogen-bond acceptors (Lipinski definition) is 6. The zero-order valence-corrected chi connectivity index (χ0v) is 26.7. The van der Waals surface area contributed by atoms with Crippen molar-refractivity contribution in [3.63, 3.8) is 0 Å². The summed E-state index contributed by atoms with van der Waals surface area (Å²) in [5.41, 5.74) is 0.965. The van der Waals surface area contributed by atoms with E-state index in [1.165, 1.54) is 0 Å². The minimum atomic E-state index is -1.04. The first kappa shape index (κ1) is 33.6. The van der Waals surface area contributed by atoms with E-state index in [4.69, 9.17) is 9.47 Å². The van der Waals surface area contributed by atoms with Crippen LogP contribution in [0.5, 0.6) is 0 Å². The summed E-state index contributed by atoms with van der Waals surface area (Å²) in [6.07, 6.45) is 1.86. The number of benzene rings is 2. The fourth-order valence-corrected chi connectivity index (χ4v) is 4.81. The van der Waals surface area contributed by atoms with Crippen LogP contribution in [0.2, 0.25) is 0 Å². The molecule has 2 aromatic carbocycles. The van der Waals surface area contributed by atoms with Crippen LogP contribution in [0.4, 0.5) is 4.79 Å². The standard InChI is InChI=1S/C34H47N3O6/c1-22-17-19-25(20-18-22)28(37(26-15-12-16-26)30(39)23(2)35-32(41)43-34(6,7)8)29(38)36-27(31(40)42-33(3,4)5)21-24-13-10-9-11-14-24/h9-11,13-14,17-20,23,26-28H,12,15-16,21H2,1-8H3,(H,35,41)(H,36,38). The van der Waals surface area contributed by atoms with E-state index < -0.39 is 53.2 Å². The lowest BCUT2D eigenvalue weighted by Crippen LogP contribution is -2.58. The molecule has 0 heterocycles. The van der Waals surface area contributed by atoms with Crippen molar-refractivity contribution < 1.29 is 28.7 Å². The normalized spacial score (nSPS) is 15.7. The molecule has 3 rings (SSSR count). The van der Waals surface area contributed by atoms with Gasteiger partial charge >= 0.3 is 12.1 Å². The number of hydrogen-bond donors (Lipinski definition) is 2. The average molecular weight is 594 g/mol. The zero-order chi connectivity index (χ0) is 31.9. The third-order valence-electron chi connectivity index (χ3n) is 7.04. The monoisotopic (exact) mass is 593 g/mol. The highest BCUT2D eigenvalue weighted by molar-refractivity contribution is 5.94. The first-order valence-corrected chi connectivity index (χ1v) is 15.0. The molecule has 0 aliphatic heterocycles. The third-order valence-corrected chi connectivity index (χ3v) is 7.04. The van der Waals surface area contributed by atoms with Crippen molar-refractivity contribution in [3.8, 4) is 0 Å². The van der Waals surface area contributed by atoms with Crippen LogP contribution < -0.4 is 10.6 Å². The number of nitrogens with zero attached hydrogens (tertiary/aromatic N) is 1. The number of alkyl carbamates (subject to hydrolysis) is 1. The minimum Gasteiger partial charge on any atom is -0.458 e. The maximum atomic E-state index is 14.3. The number of nitrogens with one attached hydrogen (secondary N) is 2. The Morgan fingerprint density at radius 1 is 0.860 bits per heavy atom. The summed E-state index contributed by atoms with van der Waals surface area (Å²) in [4.78, 5) is 55.8. The minimum absolute atomic E-state index is 0.207. The van der Waals surface area contributed by atoms with Crippen molar-refractivity contribution in [1.82, 2.24) is 15.5 Å². The van der Waals surface area contributed by atoms with Gasteiger partial charge in [0.15, 0.2) is 0 Å². The van der Waals surface area contributed by atoms with Crippen LogP contribution in [0.25, 0.3) is 0 Å². The molecule has 1 fully saturated rings.